The van der Waals surface area contributed by atoms with E-state index < -0.39 is 86.8 Å². The minimum absolute atomic E-state index is 0.241. The number of allylic oxidation sites excluding steroid dienone is 3. The molecule has 14 nitrogen and oxygen atoms in total. The Morgan fingerprint density at radius 2 is 0.744 bits per heavy atom. The van der Waals surface area contributed by atoms with E-state index in [9.17, 15) is 45.6 Å². The number of carbonyl (C=O) groups excluding carboxylic acids is 1. The molecule has 12 atom stereocenters. The van der Waals surface area contributed by atoms with Crippen LogP contribution in [0.3, 0.4) is 0 Å². The number of rotatable bonds is 61. The molecule has 2 fully saturated rings. The minimum Gasteiger partial charge on any atom is -0.394 e. The quantitative estimate of drug-likeness (QED) is 0.0204. The Bertz CT molecular complexity index is 1540. The van der Waals surface area contributed by atoms with Crippen LogP contribution in [0.2, 0.25) is 0 Å². The zero-order valence-corrected chi connectivity index (χ0v) is 55.3. The maximum absolute atomic E-state index is 13.3. The SMILES string of the molecule is CCCCCCCCCCCCCCCCCC/C=C/CC/C=C/C(O)C(COC1OC(CO)C(OC2OC(CO)C(O)C(O)C2O)C(O)C1O)NC(=O)CCCCCCCCCCCCCCCCCCCCCCCCCCCCCCCC. The van der Waals surface area contributed by atoms with Crippen molar-refractivity contribution in [2.45, 2.75) is 408 Å². The molecule has 12 unspecified atom stereocenters. The summed E-state index contributed by atoms with van der Waals surface area (Å²) >= 11 is 0. The number of aliphatic hydroxyl groups is 8. The van der Waals surface area contributed by atoms with Crippen molar-refractivity contribution < 1.29 is 64.6 Å². The topological polar surface area (TPSA) is 228 Å². The molecule has 1 amide bonds. The lowest BCUT2D eigenvalue weighted by atomic mass is 9.97. The molecular formula is C72H137NO13. The summed E-state index contributed by atoms with van der Waals surface area (Å²) in [5.74, 6) is -0.241. The van der Waals surface area contributed by atoms with E-state index in [1.54, 1.807) is 6.08 Å². The van der Waals surface area contributed by atoms with Crippen LogP contribution < -0.4 is 5.32 Å². The van der Waals surface area contributed by atoms with Crippen molar-refractivity contribution in [3.63, 3.8) is 0 Å². The second-order valence-corrected chi connectivity index (χ2v) is 26.1. The number of unbranched alkanes of at least 4 members (excludes halogenated alkanes) is 46. The fourth-order valence-corrected chi connectivity index (χ4v) is 12.3. The van der Waals surface area contributed by atoms with Gasteiger partial charge >= 0.3 is 0 Å². The summed E-state index contributed by atoms with van der Waals surface area (Å²) in [6.45, 7) is 2.84. The van der Waals surface area contributed by atoms with Gasteiger partial charge in [-0.1, -0.05) is 321 Å². The molecule has 2 heterocycles. The first kappa shape index (κ1) is 80.6. The first-order valence-electron chi connectivity index (χ1n) is 36.6. The molecule has 2 aliphatic rings. The predicted octanol–water partition coefficient (Wildman–Crippen LogP) is 15.1. The van der Waals surface area contributed by atoms with Gasteiger partial charge in [0.05, 0.1) is 32.0 Å². The van der Waals surface area contributed by atoms with Crippen molar-refractivity contribution >= 4 is 5.91 Å². The molecule has 0 aromatic rings. The van der Waals surface area contributed by atoms with Crippen molar-refractivity contribution in [2.75, 3.05) is 19.8 Å². The number of ether oxygens (including phenoxy) is 4. The van der Waals surface area contributed by atoms with E-state index in [0.29, 0.717) is 12.8 Å². The summed E-state index contributed by atoms with van der Waals surface area (Å²) in [6.07, 6.45) is 55.4. The second kappa shape index (κ2) is 57.4. The fourth-order valence-electron chi connectivity index (χ4n) is 12.3. The third-order valence-corrected chi connectivity index (χ3v) is 18.1. The summed E-state index contributed by atoms with van der Waals surface area (Å²) in [5.41, 5.74) is 0. The smallest absolute Gasteiger partial charge is 0.220 e. The molecule has 508 valence electrons. The Labute approximate surface area is 526 Å². The highest BCUT2D eigenvalue weighted by Crippen LogP contribution is 2.30. The normalized spacial score (nSPS) is 23.5. The van der Waals surface area contributed by atoms with Crippen LogP contribution in [0.5, 0.6) is 0 Å². The van der Waals surface area contributed by atoms with Crippen LogP contribution in [0.4, 0.5) is 0 Å². The highest BCUT2D eigenvalue weighted by molar-refractivity contribution is 5.76. The van der Waals surface area contributed by atoms with Gasteiger partial charge in [0.1, 0.15) is 48.8 Å². The van der Waals surface area contributed by atoms with Crippen LogP contribution in [0.1, 0.15) is 335 Å². The largest absolute Gasteiger partial charge is 0.394 e. The first-order chi connectivity index (χ1) is 42.1. The fraction of sp³-hybridized carbons (Fsp3) is 0.931. The van der Waals surface area contributed by atoms with Crippen LogP contribution in [-0.4, -0.2) is 140 Å². The van der Waals surface area contributed by atoms with Crippen molar-refractivity contribution in [1.29, 1.82) is 0 Å². The van der Waals surface area contributed by atoms with E-state index in [0.717, 1.165) is 32.1 Å². The van der Waals surface area contributed by atoms with Crippen LogP contribution in [0, 0.1) is 0 Å². The summed E-state index contributed by atoms with van der Waals surface area (Å²) in [7, 11) is 0. The van der Waals surface area contributed by atoms with Crippen molar-refractivity contribution in [1.82, 2.24) is 5.32 Å². The number of carbonyl (C=O) groups is 1. The van der Waals surface area contributed by atoms with E-state index >= 15 is 0 Å². The molecule has 2 aliphatic heterocycles. The van der Waals surface area contributed by atoms with Crippen LogP contribution >= 0.6 is 0 Å². The van der Waals surface area contributed by atoms with E-state index in [2.05, 4.69) is 31.3 Å². The van der Waals surface area contributed by atoms with Crippen LogP contribution in [0.25, 0.3) is 0 Å². The zero-order valence-electron chi connectivity index (χ0n) is 55.3. The van der Waals surface area contributed by atoms with Crippen molar-refractivity contribution in [2.24, 2.45) is 0 Å². The molecule has 14 heteroatoms. The van der Waals surface area contributed by atoms with Crippen LogP contribution in [-0.2, 0) is 23.7 Å². The predicted molar refractivity (Wildman–Crippen MR) is 351 cm³/mol. The molecule has 0 aliphatic carbocycles. The van der Waals surface area contributed by atoms with Gasteiger partial charge in [0, 0.05) is 6.42 Å². The average molecular weight is 1220 g/mol. The Hall–Kier alpha value is -1.53. The summed E-state index contributed by atoms with van der Waals surface area (Å²) in [4.78, 5) is 13.3. The maximum Gasteiger partial charge on any atom is 0.220 e. The number of nitrogens with one attached hydrogen (secondary N) is 1. The van der Waals surface area contributed by atoms with Crippen LogP contribution in [0.15, 0.2) is 24.3 Å². The number of amides is 1. The molecule has 2 saturated heterocycles. The molecule has 9 N–H and O–H groups in total. The highest BCUT2D eigenvalue weighted by atomic mass is 16.7. The van der Waals surface area contributed by atoms with Gasteiger partial charge in [-0.2, -0.15) is 0 Å². The van der Waals surface area contributed by atoms with E-state index in [1.165, 1.54) is 270 Å². The number of hydrogen-bond donors (Lipinski definition) is 9. The van der Waals surface area contributed by atoms with Gasteiger partial charge < -0.3 is 65.1 Å². The lowest BCUT2D eigenvalue weighted by Gasteiger charge is -2.46. The molecule has 86 heavy (non-hydrogen) atoms. The summed E-state index contributed by atoms with van der Waals surface area (Å²) in [5, 5.41) is 87.4. The third-order valence-electron chi connectivity index (χ3n) is 18.1. The summed E-state index contributed by atoms with van der Waals surface area (Å²) < 4.78 is 22.9. The molecule has 0 spiro atoms. The van der Waals surface area contributed by atoms with Gasteiger partial charge in [0.2, 0.25) is 5.91 Å². The second-order valence-electron chi connectivity index (χ2n) is 26.1. The lowest BCUT2D eigenvalue weighted by Crippen LogP contribution is -2.65. The van der Waals surface area contributed by atoms with Gasteiger partial charge in [0.25, 0.3) is 0 Å². The van der Waals surface area contributed by atoms with E-state index in [1.807, 2.05) is 6.08 Å². The molecule has 0 radical (unpaired) electrons. The van der Waals surface area contributed by atoms with Crippen molar-refractivity contribution in [3.8, 4) is 0 Å². The highest BCUT2D eigenvalue weighted by Gasteiger charge is 2.51. The Morgan fingerprint density at radius 3 is 1.14 bits per heavy atom. The molecule has 0 aromatic heterocycles. The van der Waals surface area contributed by atoms with Crippen molar-refractivity contribution in [3.05, 3.63) is 24.3 Å². The number of aliphatic hydroxyl groups excluding tert-OH is 8. The molecule has 0 bridgehead atoms. The molecular weight excluding hydrogens is 1090 g/mol. The standard InChI is InChI=1S/C72H137NO13/c1-3-5-7-9-11-13-15-17-19-21-23-25-27-28-29-30-31-32-33-34-36-38-40-42-44-46-48-50-52-54-56-64(77)73-60(59-83-71-69(82)67(80)70(63(58-75)85-71)86-72-68(81)66(79)65(78)62(57-74)84-72)61(76)55-53-51-49-47-45-43-41-39-37-35-26-24-22-20-18-16-14-12-10-8-6-4-2/h45,47,53,55,60-63,65-72,74-76,78-82H,3-44,46,48-52,54,56-59H2,1-2H3,(H,73,77)/b47-45+,55-53+. The third kappa shape index (κ3) is 41.1. The van der Waals surface area contributed by atoms with E-state index in [-0.39, 0.29) is 18.9 Å². The zero-order chi connectivity index (χ0) is 62.3. The average Bonchev–Trinajstić information content (AvgIpc) is 2.57. The van der Waals surface area contributed by atoms with Gasteiger partial charge in [-0.25, -0.2) is 0 Å². The maximum atomic E-state index is 13.3. The molecule has 2 rings (SSSR count). The lowest BCUT2D eigenvalue weighted by molar-refractivity contribution is -0.359. The molecule has 0 saturated carbocycles. The summed E-state index contributed by atoms with van der Waals surface area (Å²) in [6, 6.07) is -0.929. The van der Waals surface area contributed by atoms with Gasteiger partial charge in [-0.3, -0.25) is 4.79 Å². The first-order valence-corrected chi connectivity index (χ1v) is 36.6. The van der Waals surface area contributed by atoms with Gasteiger partial charge in [-0.05, 0) is 32.1 Å². The monoisotopic (exact) mass is 1220 g/mol. The minimum atomic E-state index is -1.79. The Kier molecular flexibility index (Phi) is 53.7. The Balaban J connectivity index is 1.66. The Morgan fingerprint density at radius 1 is 0.407 bits per heavy atom. The van der Waals surface area contributed by atoms with Gasteiger partial charge in [0.15, 0.2) is 12.6 Å². The van der Waals surface area contributed by atoms with Gasteiger partial charge in [-0.15, -0.1) is 0 Å². The molecule has 0 aromatic carbocycles. The number of hydrogen-bond acceptors (Lipinski definition) is 13. The van der Waals surface area contributed by atoms with E-state index in [4.69, 9.17) is 18.9 Å².